The van der Waals surface area contributed by atoms with Crippen molar-refractivity contribution in [2.45, 2.75) is 25.6 Å². The predicted octanol–water partition coefficient (Wildman–Crippen LogP) is 3.59. The maximum atomic E-state index is 11.8. The summed E-state index contributed by atoms with van der Waals surface area (Å²) in [6, 6.07) is 3.32. The summed E-state index contributed by atoms with van der Waals surface area (Å²) in [6.07, 6.45) is -3.42. The van der Waals surface area contributed by atoms with Gasteiger partial charge in [-0.25, -0.2) is 4.98 Å². The first kappa shape index (κ1) is 13.3. The molecule has 0 radical (unpaired) electrons. The number of hydrogen-bond donors (Lipinski definition) is 0. The number of alkyl halides is 3. The molecule has 0 N–H and O–H groups in total. The molecule has 0 unspecified atom stereocenters. The summed E-state index contributed by atoms with van der Waals surface area (Å²) < 4.78 is 40.4. The van der Waals surface area contributed by atoms with Crippen LogP contribution in [-0.2, 0) is 11.3 Å². The molecular weight excluding hydrogens is 243 g/mol. The van der Waals surface area contributed by atoms with Crippen LogP contribution in [0, 0.1) is 0 Å². The lowest BCUT2D eigenvalue weighted by atomic mass is 10.3. The molecule has 0 aliphatic heterocycles. The Bertz CT molecular complexity index is 330. The van der Waals surface area contributed by atoms with Crippen LogP contribution in [0.25, 0.3) is 0 Å². The van der Waals surface area contributed by atoms with Crippen LogP contribution in [0.2, 0.25) is 5.15 Å². The zero-order valence-electron chi connectivity index (χ0n) is 8.43. The van der Waals surface area contributed by atoms with E-state index in [-0.39, 0.29) is 19.6 Å². The van der Waals surface area contributed by atoms with Crippen LogP contribution in [0.1, 0.15) is 18.4 Å². The van der Waals surface area contributed by atoms with Crippen molar-refractivity contribution in [1.82, 2.24) is 4.98 Å². The number of nitrogens with zero attached hydrogens (tertiary/aromatic N) is 1. The molecule has 0 saturated carbocycles. The molecule has 0 fully saturated rings. The van der Waals surface area contributed by atoms with E-state index < -0.39 is 12.6 Å². The second-order valence-electron chi connectivity index (χ2n) is 3.26. The van der Waals surface area contributed by atoms with E-state index in [1.165, 1.54) is 6.20 Å². The maximum absolute atomic E-state index is 11.8. The Kier molecular flexibility index (Phi) is 5.02. The van der Waals surface area contributed by atoms with Gasteiger partial charge in [-0.3, -0.25) is 0 Å². The van der Waals surface area contributed by atoms with Crippen molar-refractivity contribution in [1.29, 1.82) is 0 Å². The minimum absolute atomic E-state index is 0.0255. The summed E-state index contributed by atoms with van der Waals surface area (Å²) in [6.45, 7) is 0.333. The fourth-order valence-corrected chi connectivity index (χ4v) is 1.29. The summed E-state index contributed by atoms with van der Waals surface area (Å²) in [4.78, 5) is 3.78. The monoisotopic (exact) mass is 253 g/mol. The SMILES string of the molecule is FC(F)(F)CCCOCc1ccnc(Cl)c1. The first-order valence-corrected chi connectivity index (χ1v) is 5.10. The highest BCUT2D eigenvalue weighted by molar-refractivity contribution is 6.29. The molecule has 0 amide bonds. The zero-order chi connectivity index (χ0) is 12.0. The predicted molar refractivity (Wildman–Crippen MR) is 54.2 cm³/mol. The van der Waals surface area contributed by atoms with E-state index in [0.29, 0.717) is 5.15 Å². The quantitative estimate of drug-likeness (QED) is 0.591. The summed E-state index contributed by atoms with van der Waals surface area (Å²) >= 11 is 5.63. The number of pyridine rings is 1. The van der Waals surface area contributed by atoms with Crippen LogP contribution in [-0.4, -0.2) is 17.8 Å². The number of aromatic nitrogens is 1. The number of hydrogen-bond acceptors (Lipinski definition) is 2. The fraction of sp³-hybridized carbons (Fsp3) is 0.500. The van der Waals surface area contributed by atoms with Gasteiger partial charge in [-0.1, -0.05) is 11.6 Å². The average molecular weight is 254 g/mol. The highest BCUT2D eigenvalue weighted by Gasteiger charge is 2.25. The summed E-state index contributed by atoms with van der Waals surface area (Å²) in [5.74, 6) is 0. The Morgan fingerprint density at radius 2 is 2.12 bits per heavy atom. The summed E-state index contributed by atoms with van der Waals surface area (Å²) in [5, 5.41) is 0.344. The van der Waals surface area contributed by atoms with Crippen molar-refractivity contribution < 1.29 is 17.9 Å². The second kappa shape index (κ2) is 6.06. The molecule has 1 heterocycles. The van der Waals surface area contributed by atoms with Gasteiger partial charge in [0.2, 0.25) is 0 Å². The topological polar surface area (TPSA) is 22.1 Å². The van der Waals surface area contributed by atoms with Crippen molar-refractivity contribution in [2.75, 3.05) is 6.61 Å². The molecule has 2 nitrogen and oxygen atoms in total. The summed E-state index contributed by atoms with van der Waals surface area (Å²) in [7, 11) is 0. The third kappa shape index (κ3) is 5.92. The van der Waals surface area contributed by atoms with Gasteiger partial charge in [0.15, 0.2) is 0 Å². The van der Waals surface area contributed by atoms with Crippen LogP contribution in [0.3, 0.4) is 0 Å². The van der Waals surface area contributed by atoms with Gasteiger partial charge >= 0.3 is 6.18 Å². The van der Waals surface area contributed by atoms with Crippen LogP contribution < -0.4 is 0 Å². The normalized spacial score (nSPS) is 11.8. The molecule has 0 bridgehead atoms. The van der Waals surface area contributed by atoms with Gasteiger partial charge < -0.3 is 4.74 Å². The molecule has 1 aromatic rings. The van der Waals surface area contributed by atoms with E-state index in [0.717, 1.165) is 5.56 Å². The van der Waals surface area contributed by atoms with Crippen molar-refractivity contribution in [3.05, 3.63) is 29.0 Å². The van der Waals surface area contributed by atoms with Crippen molar-refractivity contribution in [3.63, 3.8) is 0 Å². The molecule has 0 spiro atoms. The lowest BCUT2D eigenvalue weighted by molar-refractivity contribution is -0.138. The maximum Gasteiger partial charge on any atom is 0.389 e. The lowest BCUT2D eigenvalue weighted by Gasteiger charge is -2.06. The van der Waals surface area contributed by atoms with Gasteiger partial charge in [0.1, 0.15) is 5.15 Å². The van der Waals surface area contributed by atoms with Crippen LogP contribution >= 0.6 is 11.6 Å². The van der Waals surface area contributed by atoms with Gasteiger partial charge in [-0.05, 0) is 24.1 Å². The number of halogens is 4. The Morgan fingerprint density at radius 3 is 2.75 bits per heavy atom. The van der Waals surface area contributed by atoms with Crippen LogP contribution in [0.15, 0.2) is 18.3 Å². The van der Waals surface area contributed by atoms with Crippen molar-refractivity contribution >= 4 is 11.6 Å². The molecule has 0 aliphatic carbocycles. The number of ether oxygens (including phenoxy) is 1. The van der Waals surface area contributed by atoms with E-state index in [1.807, 2.05) is 0 Å². The molecule has 0 saturated heterocycles. The first-order valence-electron chi connectivity index (χ1n) is 4.72. The fourth-order valence-electron chi connectivity index (χ4n) is 1.10. The Balaban J connectivity index is 2.17. The highest BCUT2D eigenvalue weighted by atomic mass is 35.5. The van der Waals surface area contributed by atoms with Gasteiger partial charge in [-0.2, -0.15) is 13.2 Å². The molecule has 0 aromatic carbocycles. The molecule has 6 heteroatoms. The molecule has 1 aromatic heterocycles. The Morgan fingerprint density at radius 1 is 1.38 bits per heavy atom. The van der Waals surface area contributed by atoms with Crippen LogP contribution in [0.4, 0.5) is 13.2 Å². The van der Waals surface area contributed by atoms with Crippen molar-refractivity contribution in [2.24, 2.45) is 0 Å². The lowest BCUT2D eigenvalue weighted by Crippen LogP contribution is -2.08. The molecular formula is C10H11ClF3NO. The van der Waals surface area contributed by atoms with Crippen LogP contribution in [0.5, 0.6) is 0 Å². The van der Waals surface area contributed by atoms with Gasteiger partial charge in [0.25, 0.3) is 0 Å². The number of rotatable bonds is 5. The smallest absolute Gasteiger partial charge is 0.377 e. The molecule has 1 rings (SSSR count). The highest BCUT2D eigenvalue weighted by Crippen LogP contribution is 2.21. The summed E-state index contributed by atoms with van der Waals surface area (Å²) in [5.41, 5.74) is 0.798. The van der Waals surface area contributed by atoms with Gasteiger partial charge in [0, 0.05) is 19.2 Å². The van der Waals surface area contributed by atoms with Crippen molar-refractivity contribution in [3.8, 4) is 0 Å². The third-order valence-electron chi connectivity index (χ3n) is 1.81. The van der Waals surface area contributed by atoms with Gasteiger partial charge in [0.05, 0.1) is 6.61 Å². The Labute approximate surface area is 96.4 Å². The minimum Gasteiger partial charge on any atom is -0.377 e. The molecule has 16 heavy (non-hydrogen) atoms. The largest absolute Gasteiger partial charge is 0.389 e. The van der Waals surface area contributed by atoms with E-state index in [2.05, 4.69) is 4.98 Å². The molecule has 0 aliphatic rings. The zero-order valence-corrected chi connectivity index (χ0v) is 9.18. The van der Waals surface area contributed by atoms with E-state index in [9.17, 15) is 13.2 Å². The van der Waals surface area contributed by atoms with E-state index >= 15 is 0 Å². The van der Waals surface area contributed by atoms with Gasteiger partial charge in [-0.15, -0.1) is 0 Å². The first-order chi connectivity index (χ1) is 7.47. The van der Waals surface area contributed by atoms with E-state index in [4.69, 9.17) is 16.3 Å². The third-order valence-corrected chi connectivity index (χ3v) is 2.02. The Hall–Kier alpha value is -0.810. The second-order valence-corrected chi connectivity index (χ2v) is 3.65. The minimum atomic E-state index is -4.11. The average Bonchev–Trinajstić information content (AvgIpc) is 2.15. The van der Waals surface area contributed by atoms with E-state index in [1.54, 1.807) is 12.1 Å². The molecule has 90 valence electrons. The standard InChI is InChI=1S/C10H11ClF3NO/c11-9-6-8(2-4-15-9)7-16-5-1-3-10(12,13)14/h2,4,6H,1,3,5,7H2. The molecule has 0 atom stereocenters.